The van der Waals surface area contributed by atoms with Gasteiger partial charge < -0.3 is 10.3 Å². The summed E-state index contributed by atoms with van der Waals surface area (Å²) in [6, 6.07) is 8.61. The third-order valence-electron chi connectivity index (χ3n) is 5.62. The smallest absolute Gasteiger partial charge is 0.218 e. The first kappa shape index (κ1) is 17.1. The van der Waals surface area contributed by atoms with Crippen molar-refractivity contribution in [3.63, 3.8) is 0 Å². The van der Waals surface area contributed by atoms with Crippen molar-refractivity contribution in [3.8, 4) is 0 Å². The largest absolute Gasteiger partial charge is 0.370 e. The second-order valence-electron chi connectivity index (χ2n) is 7.78. The average molecular weight is 326 g/mol. The van der Waals surface area contributed by atoms with Gasteiger partial charge in [-0.2, -0.15) is 0 Å². The topological polar surface area (TPSA) is 48.0 Å². The zero-order valence-electron chi connectivity index (χ0n) is 15.0. The minimum Gasteiger partial charge on any atom is -0.370 e. The number of amides is 1. The van der Waals surface area contributed by atoms with Crippen LogP contribution in [0.5, 0.6) is 0 Å². The maximum atomic E-state index is 11.6. The number of rotatable bonds is 6. The van der Waals surface area contributed by atoms with Crippen LogP contribution in [0.4, 0.5) is 0 Å². The van der Waals surface area contributed by atoms with Gasteiger partial charge in [0, 0.05) is 30.1 Å². The van der Waals surface area contributed by atoms with Crippen LogP contribution in [0.2, 0.25) is 0 Å². The number of hydrogen-bond acceptors (Lipinski definition) is 1. The highest BCUT2D eigenvalue weighted by molar-refractivity contribution is 5.85. The molecule has 1 fully saturated rings. The number of para-hydroxylation sites is 1. The predicted molar refractivity (Wildman–Crippen MR) is 99.9 cm³/mol. The van der Waals surface area contributed by atoms with Crippen LogP contribution < -0.4 is 5.73 Å². The van der Waals surface area contributed by atoms with E-state index >= 15 is 0 Å². The third-order valence-corrected chi connectivity index (χ3v) is 5.62. The van der Waals surface area contributed by atoms with E-state index in [0.717, 1.165) is 12.5 Å². The molecule has 0 radical (unpaired) electrons. The van der Waals surface area contributed by atoms with Gasteiger partial charge in [0.2, 0.25) is 5.91 Å². The van der Waals surface area contributed by atoms with E-state index in [1.807, 2.05) is 0 Å². The van der Waals surface area contributed by atoms with E-state index in [0.29, 0.717) is 12.3 Å². The van der Waals surface area contributed by atoms with Crippen molar-refractivity contribution in [2.24, 2.45) is 17.6 Å². The standard InChI is InChI=1S/C21H30N2O/c1-15(2)18(12-21(22)24)19-14-23(13-16-8-4-3-5-9-16)20-11-7-6-10-17(19)20/h6-7,10-11,14-16,18H,3-5,8-9,12-13H2,1-2H3,(H2,22,24). The van der Waals surface area contributed by atoms with Gasteiger partial charge in [-0.3, -0.25) is 4.79 Å². The lowest BCUT2D eigenvalue weighted by Crippen LogP contribution is -2.18. The highest BCUT2D eigenvalue weighted by Gasteiger charge is 2.23. The zero-order valence-corrected chi connectivity index (χ0v) is 15.0. The summed E-state index contributed by atoms with van der Waals surface area (Å²) < 4.78 is 2.43. The van der Waals surface area contributed by atoms with Gasteiger partial charge in [-0.1, -0.05) is 51.3 Å². The minimum absolute atomic E-state index is 0.194. The molecule has 1 aromatic carbocycles. The van der Waals surface area contributed by atoms with E-state index in [1.165, 1.54) is 48.6 Å². The van der Waals surface area contributed by atoms with Crippen molar-refractivity contribution in [3.05, 3.63) is 36.0 Å². The number of nitrogens with two attached hydrogens (primary N) is 1. The van der Waals surface area contributed by atoms with Crippen LogP contribution in [-0.2, 0) is 11.3 Å². The SMILES string of the molecule is CC(C)C(CC(N)=O)c1cn(CC2CCCCC2)c2ccccc12. The third kappa shape index (κ3) is 3.66. The number of carbonyl (C=O) groups is 1. The number of carbonyl (C=O) groups excluding carboxylic acids is 1. The predicted octanol–water partition coefficient (Wildman–Crippen LogP) is 4.84. The maximum absolute atomic E-state index is 11.6. The fourth-order valence-electron chi connectivity index (χ4n) is 4.29. The molecule has 0 saturated heterocycles. The molecular formula is C21H30N2O. The van der Waals surface area contributed by atoms with E-state index in [2.05, 4.69) is 48.9 Å². The summed E-state index contributed by atoms with van der Waals surface area (Å²) in [5, 5.41) is 1.29. The van der Waals surface area contributed by atoms with Crippen LogP contribution in [0.1, 0.15) is 63.9 Å². The van der Waals surface area contributed by atoms with Gasteiger partial charge in [-0.15, -0.1) is 0 Å². The molecule has 1 aliphatic carbocycles. The molecule has 24 heavy (non-hydrogen) atoms. The molecule has 0 bridgehead atoms. The Morgan fingerprint density at radius 2 is 1.92 bits per heavy atom. The zero-order chi connectivity index (χ0) is 17.1. The van der Waals surface area contributed by atoms with Crippen LogP contribution in [-0.4, -0.2) is 10.5 Å². The molecule has 3 rings (SSSR count). The highest BCUT2D eigenvalue weighted by Crippen LogP contribution is 2.36. The molecule has 3 heteroatoms. The summed E-state index contributed by atoms with van der Waals surface area (Å²) in [6.45, 7) is 5.46. The van der Waals surface area contributed by atoms with Gasteiger partial charge in [-0.05, 0) is 42.2 Å². The summed E-state index contributed by atoms with van der Waals surface area (Å²) in [6.07, 6.45) is 9.54. The number of hydrogen-bond donors (Lipinski definition) is 1. The van der Waals surface area contributed by atoms with Gasteiger partial charge >= 0.3 is 0 Å². The molecular weight excluding hydrogens is 296 g/mol. The molecule has 2 aromatic rings. The normalized spacial score (nSPS) is 17.5. The Balaban J connectivity index is 1.97. The molecule has 130 valence electrons. The van der Waals surface area contributed by atoms with Gasteiger partial charge in [0.1, 0.15) is 0 Å². The van der Waals surface area contributed by atoms with Gasteiger partial charge in [0.05, 0.1) is 0 Å². The quantitative estimate of drug-likeness (QED) is 0.811. The lowest BCUT2D eigenvalue weighted by Gasteiger charge is -2.22. The minimum atomic E-state index is -0.210. The van der Waals surface area contributed by atoms with Crippen LogP contribution in [0.25, 0.3) is 10.9 Å². The molecule has 0 spiro atoms. The Labute approximate surface area is 145 Å². The molecule has 1 atom stereocenters. The van der Waals surface area contributed by atoms with Crippen LogP contribution >= 0.6 is 0 Å². The fourth-order valence-corrected chi connectivity index (χ4v) is 4.29. The van der Waals surface area contributed by atoms with Crippen LogP contribution in [0, 0.1) is 11.8 Å². The molecule has 1 heterocycles. The van der Waals surface area contributed by atoms with Gasteiger partial charge in [-0.25, -0.2) is 0 Å². The van der Waals surface area contributed by atoms with Crippen molar-refractivity contribution in [2.45, 2.75) is 64.8 Å². The Morgan fingerprint density at radius 1 is 1.21 bits per heavy atom. The Morgan fingerprint density at radius 3 is 2.58 bits per heavy atom. The number of primary amides is 1. The molecule has 3 nitrogen and oxygen atoms in total. The van der Waals surface area contributed by atoms with E-state index < -0.39 is 0 Å². The molecule has 0 aliphatic heterocycles. The second-order valence-corrected chi connectivity index (χ2v) is 7.78. The first-order valence-electron chi connectivity index (χ1n) is 9.42. The maximum Gasteiger partial charge on any atom is 0.218 e. The van der Waals surface area contributed by atoms with Gasteiger partial charge in [0.25, 0.3) is 0 Å². The monoisotopic (exact) mass is 326 g/mol. The first-order chi connectivity index (χ1) is 11.6. The van der Waals surface area contributed by atoms with Crippen LogP contribution in [0.15, 0.2) is 30.5 Å². The highest BCUT2D eigenvalue weighted by atomic mass is 16.1. The number of nitrogens with zero attached hydrogens (tertiary/aromatic N) is 1. The van der Waals surface area contributed by atoms with Gasteiger partial charge in [0.15, 0.2) is 0 Å². The van der Waals surface area contributed by atoms with Crippen molar-refractivity contribution in [2.75, 3.05) is 0 Å². The van der Waals surface area contributed by atoms with E-state index in [1.54, 1.807) is 0 Å². The number of fused-ring (bicyclic) bond motifs is 1. The molecule has 1 amide bonds. The molecule has 2 N–H and O–H groups in total. The van der Waals surface area contributed by atoms with Crippen molar-refractivity contribution in [1.82, 2.24) is 4.57 Å². The van der Waals surface area contributed by atoms with Crippen molar-refractivity contribution >= 4 is 16.8 Å². The summed E-state index contributed by atoms with van der Waals surface area (Å²) in [5.41, 5.74) is 8.11. The van der Waals surface area contributed by atoms with Crippen molar-refractivity contribution < 1.29 is 4.79 Å². The Kier molecular flexibility index (Phi) is 5.27. The number of aromatic nitrogens is 1. The summed E-state index contributed by atoms with van der Waals surface area (Å²) >= 11 is 0. The summed E-state index contributed by atoms with van der Waals surface area (Å²) in [7, 11) is 0. The molecule has 1 unspecified atom stereocenters. The molecule has 1 aliphatic rings. The lowest BCUT2D eigenvalue weighted by atomic mass is 9.85. The molecule has 1 saturated carbocycles. The van der Waals surface area contributed by atoms with Crippen molar-refractivity contribution in [1.29, 1.82) is 0 Å². The Bertz CT molecular complexity index is 695. The van der Waals surface area contributed by atoms with E-state index in [4.69, 9.17) is 5.73 Å². The average Bonchev–Trinajstić information content (AvgIpc) is 2.92. The van der Waals surface area contributed by atoms with Crippen LogP contribution in [0.3, 0.4) is 0 Å². The summed E-state index contributed by atoms with van der Waals surface area (Å²) in [5.74, 6) is 1.17. The fraction of sp³-hybridized carbons (Fsp3) is 0.571. The second kappa shape index (κ2) is 7.42. The molecule has 1 aromatic heterocycles. The van der Waals surface area contributed by atoms with E-state index in [-0.39, 0.29) is 11.8 Å². The summed E-state index contributed by atoms with van der Waals surface area (Å²) in [4.78, 5) is 11.6. The lowest BCUT2D eigenvalue weighted by molar-refractivity contribution is -0.118. The Hall–Kier alpha value is -1.77. The number of benzene rings is 1. The van der Waals surface area contributed by atoms with E-state index in [9.17, 15) is 4.79 Å². The first-order valence-corrected chi connectivity index (χ1v) is 9.42.